The summed E-state index contributed by atoms with van der Waals surface area (Å²) in [6.45, 7) is 4.05. The van der Waals surface area contributed by atoms with E-state index in [-0.39, 0.29) is 5.91 Å². The number of likely N-dealkylation sites (N-methyl/N-ethyl adjacent to an activating group) is 1. The summed E-state index contributed by atoms with van der Waals surface area (Å²) in [5.74, 6) is 0.691. The van der Waals surface area contributed by atoms with Gasteiger partial charge in [0.1, 0.15) is 12.4 Å². The summed E-state index contributed by atoms with van der Waals surface area (Å²) in [6.07, 6.45) is 0. The Morgan fingerprint density at radius 3 is 2.32 bits per heavy atom. The van der Waals surface area contributed by atoms with Crippen molar-refractivity contribution in [2.75, 3.05) is 33.2 Å². The molecule has 1 N–H and O–H groups in total. The van der Waals surface area contributed by atoms with Crippen LogP contribution in [0.1, 0.15) is 15.9 Å². The molecule has 0 saturated carbocycles. The van der Waals surface area contributed by atoms with E-state index >= 15 is 0 Å². The molecule has 1 aliphatic rings. The molecule has 0 aromatic heterocycles. The Hall–Kier alpha value is -2.08. The highest BCUT2D eigenvalue weighted by Gasteiger charge is 2.16. The van der Waals surface area contributed by atoms with E-state index in [1.54, 1.807) is 12.1 Å². The van der Waals surface area contributed by atoms with E-state index in [0.29, 0.717) is 17.2 Å². The normalized spacial score (nSPS) is 15.8. The minimum atomic E-state index is -0.0743. The molecule has 1 saturated heterocycles. The molecule has 0 radical (unpaired) electrons. The molecule has 6 heteroatoms. The van der Waals surface area contributed by atoms with E-state index < -0.39 is 0 Å². The number of hydrogen-bond acceptors (Lipinski definition) is 4. The van der Waals surface area contributed by atoms with E-state index in [1.807, 2.05) is 41.4 Å². The molecule has 1 fully saturated rings. The van der Waals surface area contributed by atoms with Gasteiger partial charge in [0, 0.05) is 36.8 Å². The molecule has 132 valence electrons. The standard InChI is InChI=1S/C19H22ClN3O2/c1-22-10-12-23(13-11-22)21-19(24)16-4-2-15(3-5-16)14-25-18-8-6-17(20)7-9-18/h2-9H,10-14H2,1H3,(H,21,24). The fourth-order valence-corrected chi connectivity index (χ4v) is 2.70. The number of nitrogens with one attached hydrogen (secondary N) is 1. The van der Waals surface area contributed by atoms with E-state index in [2.05, 4.69) is 17.4 Å². The highest BCUT2D eigenvalue weighted by Crippen LogP contribution is 2.17. The number of carbonyl (C=O) groups is 1. The minimum Gasteiger partial charge on any atom is -0.489 e. The zero-order valence-corrected chi connectivity index (χ0v) is 15.0. The smallest absolute Gasteiger partial charge is 0.265 e. The van der Waals surface area contributed by atoms with Gasteiger partial charge in [-0.3, -0.25) is 10.2 Å². The predicted octanol–water partition coefficient (Wildman–Crippen LogP) is 2.81. The van der Waals surface area contributed by atoms with Gasteiger partial charge in [-0.15, -0.1) is 0 Å². The number of piperazine rings is 1. The van der Waals surface area contributed by atoms with Crippen molar-refractivity contribution in [2.24, 2.45) is 0 Å². The summed E-state index contributed by atoms with van der Waals surface area (Å²) in [6, 6.07) is 14.7. The molecule has 0 aliphatic carbocycles. The number of benzene rings is 2. The lowest BCUT2D eigenvalue weighted by Crippen LogP contribution is -2.52. The maximum absolute atomic E-state index is 12.3. The average molecular weight is 360 g/mol. The monoisotopic (exact) mass is 359 g/mol. The largest absolute Gasteiger partial charge is 0.489 e. The van der Waals surface area contributed by atoms with Crippen LogP contribution in [0, 0.1) is 0 Å². The molecule has 2 aromatic carbocycles. The molecule has 0 spiro atoms. The molecule has 2 aromatic rings. The van der Waals surface area contributed by atoms with Crippen molar-refractivity contribution in [3.05, 3.63) is 64.7 Å². The van der Waals surface area contributed by atoms with Crippen LogP contribution in [0.15, 0.2) is 48.5 Å². The first-order valence-electron chi connectivity index (χ1n) is 8.32. The number of hydrogen-bond donors (Lipinski definition) is 1. The lowest BCUT2D eigenvalue weighted by molar-refractivity contribution is 0.0662. The number of ether oxygens (including phenoxy) is 1. The summed E-state index contributed by atoms with van der Waals surface area (Å²) in [4.78, 5) is 14.6. The Kier molecular flexibility index (Phi) is 5.91. The fraction of sp³-hybridized carbons (Fsp3) is 0.316. The first-order valence-corrected chi connectivity index (χ1v) is 8.70. The van der Waals surface area contributed by atoms with Crippen LogP contribution in [0.5, 0.6) is 5.75 Å². The van der Waals surface area contributed by atoms with E-state index in [1.165, 1.54) is 0 Å². The Bertz CT molecular complexity index is 696. The van der Waals surface area contributed by atoms with Gasteiger partial charge in [0.2, 0.25) is 0 Å². The van der Waals surface area contributed by atoms with E-state index in [9.17, 15) is 4.79 Å². The first kappa shape index (κ1) is 17.7. The molecule has 1 aliphatic heterocycles. The summed E-state index contributed by atoms with van der Waals surface area (Å²) >= 11 is 5.85. The molecule has 0 atom stereocenters. The quantitative estimate of drug-likeness (QED) is 0.891. The summed E-state index contributed by atoms with van der Waals surface area (Å²) in [7, 11) is 2.09. The van der Waals surface area contributed by atoms with Crippen molar-refractivity contribution >= 4 is 17.5 Å². The van der Waals surface area contributed by atoms with Gasteiger partial charge in [0.15, 0.2) is 0 Å². The van der Waals surface area contributed by atoms with Gasteiger partial charge < -0.3 is 9.64 Å². The Morgan fingerprint density at radius 1 is 1.04 bits per heavy atom. The third-order valence-electron chi connectivity index (χ3n) is 4.20. The van der Waals surface area contributed by atoms with Gasteiger partial charge in [0.05, 0.1) is 0 Å². The van der Waals surface area contributed by atoms with Gasteiger partial charge in [-0.2, -0.15) is 0 Å². The Morgan fingerprint density at radius 2 is 1.68 bits per heavy atom. The zero-order chi connectivity index (χ0) is 17.6. The molecule has 0 unspecified atom stereocenters. The highest BCUT2D eigenvalue weighted by atomic mass is 35.5. The summed E-state index contributed by atoms with van der Waals surface area (Å²) in [5.41, 5.74) is 4.62. The Balaban J connectivity index is 1.51. The second-order valence-electron chi connectivity index (χ2n) is 6.17. The van der Waals surface area contributed by atoms with E-state index in [4.69, 9.17) is 16.3 Å². The third-order valence-corrected chi connectivity index (χ3v) is 4.45. The summed E-state index contributed by atoms with van der Waals surface area (Å²) < 4.78 is 5.71. The number of nitrogens with zero attached hydrogens (tertiary/aromatic N) is 2. The molecule has 5 nitrogen and oxygen atoms in total. The predicted molar refractivity (Wildman–Crippen MR) is 98.8 cm³/mol. The van der Waals surface area contributed by atoms with Crippen LogP contribution in [0.3, 0.4) is 0 Å². The van der Waals surface area contributed by atoms with Crippen LogP contribution >= 0.6 is 11.6 Å². The topological polar surface area (TPSA) is 44.8 Å². The number of halogens is 1. The van der Waals surface area contributed by atoms with Crippen LogP contribution < -0.4 is 10.2 Å². The van der Waals surface area contributed by atoms with Crippen LogP contribution in [0.25, 0.3) is 0 Å². The van der Waals surface area contributed by atoms with Crippen LogP contribution in [0.4, 0.5) is 0 Å². The van der Waals surface area contributed by atoms with Gasteiger partial charge in [0.25, 0.3) is 5.91 Å². The van der Waals surface area contributed by atoms with Crippen molar-refractivity contribution in [3.63, 3.8) is 0 Å². The van der Waals surface area contributed by atoms with Crippen LogP contribution in [0.2, 0.25) is 5.02 Å². The van der Waals surface area contributed by atoms with Crippen molar-refractivity contribution in [1.29, 1.82) is 0 Å². The second-order valence-corrected chi connectivity index (χ2v) is 6.61. The average Bonchev–Trinajstić information content (AvgIpc) is 2.63. The lowest BCUT2D eigenvalue weighted by Gasteiger charge is -2.32. The van der Waals surface area contributed by atoms with Crippen molar-refractivity contribution in [1.82, 2.24) is 15.3 Å². The zero-order valence-electron chi connectivity index (χ0n) is 14.2. The number of hydrazine groups is 1. The number of amides is 1. The van der Waals surface area contributed by atoms with Crippen LogP contribution in [-0.4, -0.2) is 49.0 Å². The molecule has 1 amide bonds. The SMILES string of the molecule is CN1CCN(NC(=O)c2ccc(COc3ccc(Cl)cc3)cc2)CC1. The molecule has 1 heterocycles. The van der Waals surface area contributed by atoms with Crippen LogP contribution in [-0.2, 0) is 6.61 Å². The van der Waals surface area contributed by atoms with Gasteiger partial charge in [-0.25, -0.2) is 5.01 Å². The number of rotatable bonds is 5. The van der Waals surface area contributed by atoms with E-state index in [0.717, 1.165) is 37.5 Å². The molecule has 3 rings (SSSR count). The van der Waals surface area contributed by atoms with Crippen molar-refractivity contribution < 1.29 is 9.53 Å². The summed E-state index contributed by atoms with van der Waals surface area (Å²) in [5, 5.41) is 2.66. The number of carbonyl (C=O) groups excluding carboxylic acids is 1. The molecular weight excluding hydrogens is 338 g/mol. The van der Waals surface area contributed by atoms with Gasteiger partial charge >= 0.3 is 0 Å². The molecular formula is C19H22ClN3O2. The van der Waals surface area contributed by atoms with Gasteiger partial charge in [-0.05, 0) is 49.0 Å². The lowest BCUT2D eigenvalue weighted by atomic mass is 10.1. The Labute approximate surface area is 153 Å². The maximum atomic E-state index is 12.3. The molecule has 0 bridgehead atoms. The maximum Gasteiger partial charge on any atom is 0.265 e. The first-order chi connectivity index (χ1) is 12.1. The second kappa shape index (κ2) is 8.34. The van der Waals surface area contributed by atoms with Crippen molar-refractivity contribution in [3.8, 4) is 5.75 Å². The van der Waals surface area contributed by atoms with Gasteiger partial charge in [-0.1, -0.05) is 23.7 Å². The fourth-order valence-electron chi connectivity index (χ4n) is 2.58. The minimum absolute atomic E-state index is 0.0743. The van der Waals surface area contributed by atoms with Crippen molar-refractivity contribution in [2.45, 2.75) is 6.61 Å². The third kappa shape index (κ3) is 5.19. The molecule has 25 heavy (non-hydrogen) atoms. The highest BCUT2D eigenvalue weighted by molar-refractivity contribution is 6.30.